The van der Waals surface area contributed by atoms with Crippen LogP contribution in [-0.2, 0) is 11.3 Å². The Morgan fingerprint density at radius 3 is 2.59 bits per heavy atom. The van der Waals surface area contributed by atoms with Gasteiger partial charge in [0.15, 0.2) is 0 Å². The molecule has 0 spiro atoms. The van der Waals surface area contributed by atoms with Crippen molar-refractivity contribution in [2.24, 2.45) is 0 Å². The predicted molar refractivity (Wildman–Crippen MR) is 109 cm³/mol. The van der Waals surface area contributed by atoms with Crippen molar-refractivity contribution >= 4 is 35.0 Å². The summed E-state index contributed by atoms with van der Waals surface area (Å²) in [5.74, 6) is -0.505. The Kier molecular flexibility index (Phi) is 5.05. The van der Waals surface area contributed by atoms with Gasteiger partial charge in [0, 0.05) is 11.6 Å². The Morgan fingerprint density at radius 1 is 1.03 bits per heavy atom. The van der Waals surface area contributed by atoms with Crippen molar-refractivity contribution in [3.05, 3.63) is 88.5 Å². The van der Waals surface area contributed by atoms with Crippen LogP contribution in [0.3, 0.4) is 0 Å². The SMILES string of the molecule is O=C(O)c1cccc(-c2ccc(/C=C3\SC(=O)N(Cc4ccccc4)C3=O)o2)c1. The van der Waals surface area contributed by atoms with Gasteiger partial charge in [-0.3, -0.25) is 14.5 Å². The Morgan fingerprint density at radius 2 is 1.83 bits per heavy atom. The van der Waals surface area contributed by atoms with Crippen LogP contribution in [0.2, 0.25) is 0 Å². The number of hydrogen-bond donors (Lipinski definition) is 1. The molecule has 1 aliphatic heterocycles. The molecule has 7 heteroatoms. The Bertz CT molecular complexity index is 1130. The second kappa shape index (κ2) is 7.81. The molecule has 0 saturated carbocycles. The first-order chi connectivity index (χ1) is 14.0. The van der Waals surface area contributed by atoms with E-state index in [0.29, 0.717) is 17.1 Å². The van der Waals surface area contributed by atoms with Crippen molar-refractivity contribution in [2.45, 2.75) is 6.54 Å². The number of furan rings is 1. The van der Waals surface area contributed by atoms with Crippen LogP contribution in [0.25, 0.3) is 17.4 Å². The predicted octanol–water partition coefficient (Wildman–Crippen LogP) is 4.88. The first-order valence-corrected chi connectivity index (χ1v) is 9.56. The maximum Gasteiger partial charge on any atom is 0.335 e. The molecule has 0 radical (unpaired) electrons. The molecule has 1 fully saturated rings. The molecule has 6 nitrogen and oxygen atoms in total. The van der Waals surface area contributed by atoms with Crippen LogP contribution in [0.5, 0.6) is 0 Å². The highest BCUT2D eigenvalue weighted by Crippen LogP contribution is 2.34. The molecule has 2 aromatic carbocycles. The fourth-order valence-corrected chi connectivity index (χ4v) is 3.74. The molecule has 0 bridgehead atoms. The molecule has 0 atom stereocenters. The molecule has 3 aromatic rings. The van der Waals surface area contributed by atoms with Gasteiger partial charge in [-0.1, -0.05) is 42.5 Å². The van der Waals surface area contributed by atoms with Gasteiger partial charge in [-0.05, 0) is 41.6 Å². The lowest BCUT2D eigenvalue weighted by molar-refractivity contribution is -0.123. The topological polar surface area (TPSA) is 87.8 Å². The molecule has 0 unspecified atom stereocenters. The summed E-state index contributed by atoms with van der Waals surface area (Å²) in [6, 6.07) is 19.1. The van der Waals surface area contributed by atoms with Crippen LogP contribution in [0.1, 0.15) is 21.7 Å². The average Bonchev–Trinajstić information content (AvgIpc) is 3.29. The Labute approximate surface area is 170 Å². The maximum absolute atomic E-state index is 12.6. The number of benzene rings is 2. The minimum atomic E-state index is -1.02. The van der Waals surface area contributed by atoms with Crippen molar-refractivity contribution in [1.29, 1.82) is 0 Å². The van der Waals surface area contributed by atoms with E-state index in [2.05, 4.69) is 0 Å². The second-order valence-corrected chi connectivity index (χ2v) is 7.33. The number of carbonyl (C=O) groups excluding carboxylic acids is 2. The fourth-order valence-electron chi connectivity index (χ4n) is 2.92. The third kappa shape index (κ3) is 4.00. The van der Waals surface area contributed by atoms with Gasteiger partial charge in [-0.25, -0.2) is 4.79 Å². The first-order valence-electron chi connectivity index (χ1n) is 8.74. The number of carboxylic acid groups (broad SMARTS) is 1. The van der Waals surface area contributed by atoms with Crippen LogP contribution >= 0.6 is 11.8 Å². The molecular weight excluding hydrogens is 390 g/mol. The molecule has 1 saturated heterocycles. The molecule has 1 aromatic heterocycles. The summed E-state index contributed by atoms with van der Waals surface area (Å²) in [5, 5.41) is 8.79. The van der Waals surface area contributed by atoms with Crippen LogP contribution in [0, 0.1) is 0 Å². The highest BCUT2D eigenvalue weighted by Gasteiger charge is 2.35. The second-order valence-electron chi connectivity index (χ2n) is 6.34. The fraction of sp³-hybridized carbons (Fsp3) is 0.0455. The third-order valence-corrected chi connectivity index (χ3v) is 5.26. The number of imide groups is 1. The van der Waals surface area contributed by atoms with Gasteiger partial charge in [-0.15, -0.1) is 0 Å². The van der Waals surface area contributed by atoms with E-state index in [0.717, 1.165) is 17.3 Å². The quantitative estimate of drug-likeness (QED) is 0.609. The molecule has 144 valence electrons. The Hall–Kier alpha value is -3.58. The van der Waals surface area contributed by atoms with Crippen molar-refractivity contribution in [3.63, 3.8) is 0 Å². The molecule has 4 rings (SSSR count). The van der Waals surface area contributed by atoms with E-state index in [1.807, 2.05) is 30.3 Å². The lowest BCUT2D eigenvalue weighted by Crippen LogP contribution is -2.27. The smallest absolute Gasteiger partial charge is 0.335 e. The van der Waals surface area contributed by atoms with Crippen molar-refractivity contribution in [2.75, 3.05) is 0 Å². The van der Waals surface area contributed by atoms with E-state index < -0.39 is 5.97 Å². The van der Waals surface area contributed by atoms with Crippen LogP contribution in [0.15, 0.2) is 76.1 Å². The van der Waals surface area contributed by atoms with Gasteiger partial charge in [0.2, 0.25) is 0 Å². The molecule has 1 aliphatic rings. The van der Waals surface area contributed by atoms with E-state index in [4.69, 9.17) is 9.52 Å². The van der Waals surface area contributed by atoms with Gasteiger partial charge in [0.25, 0.3) is 11.1 Å². The number of rotatable bonds is 5. The van der Waals surface area contributed by atoms with E-state index in [1.165, 1.54) is 23.1 Å². The van der Waals surface area contributed by atoms with E-state index in [9.17, 15) is 14.4 Å². The summed E-state index contributed by atoms with van der Waals surface area (Å²) in [6.45, 7) is 0.216. The summed E-state index contributed by atoms with van der Waals surface area (Å²) in [4.78, 5) is 37.5. The molecular formula is C22H15NO5S. The van der Waals surface area contributed by atoms with Crippen LogP contribution < -0.4 is 0 Å². The zero-order valence-electron chi connectivity index (χ0n) is 15.1. The van der Waals surface area contributed by atoms with Gasteiger partial charge in [0.05, 0.1) is 17.0 Å². The number of amides is 2. The molecule has 0 aliphatic carbocycles. The standard InChI is InChI=1S/C22H15NO5S/c24-20-19(29-22(27)23(20)13-14-5-2-1-3-6-14)12-17-9-10-18(28-17)15-7-4-8-16(11-15)21(25)26/h1-12H,13H2,(H,25,26)/b19-12-. The van der Waals surface area contributed by atoms with Crippen molar-refractivity contribution in [1.82, 2.24) is 4.90 Å². The number of nitrogens with zero attached hydrogens (tertiary/aromatic N) is 1. The minimum Gasteiger partial charge on any atom is -0.478 e. The zero-order chi connectivity index (χ0) is 20.4. The molecule has 1 N–H and O–H groups in total. The lowest BCUT2D eigenvalue weighted by Gasteiger charge is -2.11. The zero-order valence-corrected chi connectivity index (χ0v) is 15.9. The number of thioether (sulfide) groups is 1. The van der Waals surface area contributed by atoms with Gasteiger partial charge in [0.1, 0.15) is 11.5 Å². The number of hydrogen-bond acceptors (Lipinski definition) is 5. The Balaban J connectivity index is 1.55. The largest absolute Gasteiger partial charge is 0.478 e. The summed E-state index contributed by atoms with van der Waals surface area (Å²) in [7, 11) is 0. The van der Waals surface area contributed by atoms with Crippen molar-refractivity contribution < 1.29 is 23.9 Å². The molecule has 29 heavy (non-hydrogen) atoms. The van der Waals surface area contributed by atoms with Gasteiger partial charge in [-0.2, -0.15) is 0 Å². The third-order valence-electron chi connectivity index (χ3n) is 4.35. The van der Waals surface area contributed by atoms with Crippen LogP contribution in [-0.4, -0.2) is 27.1 Å². The normalized spacial score (nSPS) is 15.3. The number of carboxylic acids is 1. The number of aromatic carboxylic acids is 1. The highest BCUT2D eigenvalue weighted by molar-refractivity contribution is 8.18. The summed E-state index contributed by atoms with van der Waals surface area (Å²) < 4.78 is 5.74. The van der Waals surface area contributed by atoms with E-state index in [1.54, 1.807) is 24.3 Å². The van der Waals surface area contributed by atoms with Gasteiger partial charge < -0.3 is 9.52 Å². The summed E-state index contributed by atoms with van der Waals surface area (Å²) in [6.07, 6.45) is 1.53. The first kappa shape index (κ1) is 18.8. The molecule has 2 heterocycles. The molecule has 2 amide bonds. The van der Waals surface area contributed by atoms with E-state index in [-0.39, 0.29) is 28.2 Å². The lowest BCUT2D eigenvalue weighted by atomic mass is 10.1. The van der Waals surface area contributed by atoms with E-state index >= 15 is 0 Å². The summed E-state index contributed by atoms with van der Waals surface area (Å²) in [5.41, 5.74) is 1.64. The summed E-state index contributed by atoms with van der Waals surface area (Å²) >= 11 is 0.868. The van der Waals surface area contributed by atoms with Crippen molar-refractivity contribution in [3.8, 4) is 11.3 Å². The number of carbonyl (C=O) groups is 3. The van der Waals surface area contributed by atoms with Crippen LogP contribution in [0.4, 0.5) is 4.79 Å². The minimum absolute atomic E-state index is 0.155. The average molecular weight is 405 g/mol. The monoisotopic (exact) mass is 405 g/mol. The highest BCUT2D eigenvalue weighted by atomic mass is 32.2. The maximum atomic E-state index is 12.6. The van der Waals surface area contributed by atoms with Gasteiger partial charge >= 0.3 is 5.97 Å².